The molecule has 0 fully saturated rings. The van der Waals surface area contributed by atoms with Crippen LogP contribution in [0.3, 0.4) is 0 Å². The van der Waals surface area contributed by atoms with Gasteiger partial charge in [0.05, 0.1) is 0 Å². The Hall–Kier alpha value is -3.39. The Bertz CT molecular complexity index is 1270. The molecule has 3 aromatic rings. The van der Waals surface area contributed by atoms with Crippen molar-refractivity contribution in [1.29, 1.82) is 0 Å². The van der Waals surface area contributed by atoms with Gasteiger partial charge in [0.25, 0.3) is 15.9 Å². The third-order valence-corrected chi connectivity index (χ3v) is 6.50. The Kier molecular flexibility index (Phi) is 4.08. The first kappa shape index (κ1) is 18.0. The van der Waals surface area contributed by atoms with E-state index in [-0.39, 0.29) is 22.0 Å². The van der Waals surface area contributed by atoms with E-state index in [9.17, 15) is 18.3 Å². The van der Waals surface area contributed by atoms with Gasteiger partial charge < -0.3 is 10.4 Å². The highest BCUT2D eigenvalue weighted by atomic mass is 32.2. The molecule has 0 unspecified atom stereocenters. The van der Waals surface area contributed by atoms with E-state index < -0.39 is 21.7 Å². The van der Waals surface area contributed by atoms with Crippen molar-refractivity contribution in [2.24, 2.45) is 0 Å². The van der Waals surface area contributed by atoms with Gasteiger partial charge in [-0.15, -0.1) is 0 Å². The van der Waals surface area contributed by atoms with Gasteiger partial charge in [0.1, 0.15) is 10.7 Å². The number of rotatable bonds is 2. The standard InChI is InChI=1S/C20H17N3O4S/c1-12-6-5-9-16(21-12)22-20(25)17-18(24)15-11-10-13-7-3-4-8-14(13)19(15)28(26,27)23(17)2/h3-11,24H,1-2H3,(H,21,22,25). The van der Waals surface area contributed by atoms with Crippen LogP contribution in [0.25, 0.3) is 16.5 Å². The van der Waals surface area contributed by atoms with Gasteiger partial charge in [0.15, 0.2) is 11.5 Å². The van der Waals surface area contributed by atoms with Gasteiger partial charge in [-0.25, -0.2) is 13.4 Å². The van der Waals surface area contributed by atoms with Crippen LogP contribution < -0.4 is 5.32 Å². The van der Waals surface area contributed by atoms with Crippen LogP contribution in [0.15, 0.2) is 65.2 Å². The summed E-state index contributed by atoms with van der Waals surface area (Å²) in [6.07, 6.45) is 0. The van der Waals surface area contributed by atoms with Crippen molar-refractivity contribution in [1.82, 2.24) is 9.29 Å². The maximum absolute atomic E-state index is 13.2. The van der Waals surface area contributed by atoms with E-state index in [0.717, 1.165) is 9.69 Å². The minimum absolute atomic E-state index is 0.0177. The normalized spacial score (nSPS) is 15.4. The lowest BCUT2D eigenvalue weighted by atomic mass is 10.0. The number of hydrogen-bond acceptors (Lipinski definition) is 5. The molecule has 0 radical (unpaired) electrons. The van der Waals surface area contributed by atoms with Gasteiger partial charge >= 0.3 is 0 Å². The first-order valence-corrected chi connectivity index (χ1v) is 9.94. The number of aliphatic hydroxyl groups excluding tert-OH is 1. The molecule has 4 rings (SSSR count). The van der Waals surface area contributed by atoms with Crippen molar-refractivity contribution in [3.63, 3.8) is 0 Å². The number of aliphatic hydroxyl groups is 1. The number of carbonyl (C=O) groups excluding carboxylic acids is 1. The van der Waals surface area contributed by atoms with Crippen LogP contribution in [0, 0.1) is 6.92 Å². The Balaban J connectivity index is 1.89. The highest BCUT2D eigenvalue weighted by molar-refractivity contribution is 7.89. The Morgan fingerprint density at radius 3 is 2.57 bits per heavy atom. The molecule has 2 aromatic carbocycles. The molecule has 2 heterocycles. The fourth-order valence-corrected chi connectivity index (χ4v) is 4.87. The lowest BCUT2D eigenvalue weighted by Gasteiger charge is -2.29. The number of pyridine rings is 1. The first-order chi connectivity index (χ1) is 13.3. The first-order valence-electron chi connectivity index (χ1n) is 8.50. The molecule has 0 atom stereocenters. The van der Waals surface area contributed by atoms with Gasteiger partial charge in [-0.1, -0.05) is 36.4 Å². The molecule has 0 spiro atoms. The lowest BCUT2D eigenvalue weighted by molar-refractivity contribution is -0.113. The number of amides is 1. The molecular formula is C20H17N3O4S. The molecule has 1 amide bonds. The number of benzene rings is 2. The smallest absolute Gasteiger partial charge is 0.277 e. The van der Waals surface area contributed by atoms with Crippen LogP contribution in [0.4, 0.5) is 5.82 Å². The molecule has 28 heavy (non-hydrogen) atoms. The second kappa shape index (κ2) is 6.35. The number of aromatic nitrogens is 1. The summed E-state index contributed by atoms with van der Waals surface area (Å²) in [6.45, 7) is 1.77. The van der Waals surface area contributed by atoms with Gasteiger partial charge in [-0.2, -0.15) is 0 Å². The maximum Gasteiger partial charge on any atom is 0.277 e. The topological polar surface area (TPSA) is 99.6 Å². The molecule has 0 saturated carbocycles. The van der Waals surface area contributed by atoms with E-state index in [1.165, 1.54) is 13.1 Å². The maximum atomic E-state index is 13.2. The second-order valence-corrected chi connectivity index (χ2v) is 8.36. The molecular weight excluding hydrogens is 378 g/mol. The van der Waals surface area contributed by atoms with Gasteiger partial charge in [0, 0.05) is 23.7 Å². The average molecular weight is 395 g/mol. The summed E-state index contributed by atoms with van der Waals surface area (Å²) in [5.41, 5.74) is 0.433. The molecule has 8 heteroatoms. The third-order valence-electron chi connectivity index (χ3n) is 4.64. The number of nitrogens with zero attached hydrogens (tertiary/aromatic N) is 2. The number of sulfonamides is 1. The Morgan fingerprint density at radius 1 is 1.07 bits per heavy atom. The van der Waals surface area contributed by atoms with Crippen molar-refractivity contribution in [3.8, 4) is 0 Å². The Morgan fingerprint density at radius 2 is 1.82 bits per heavy atom. The summed E-state index contributed by atoms with van der Waals surface area (Å²) in [4.78, 5) is 16.9. The number of carbonyl (C=O) groups is 1. The van der Waals surface area contributed by atoms with E-state index in [2.05, 4.69) is 10.3 Å². The summed E-state index contributed by atoms with van der Waals surface area (Å²) in [5, 5.41) is 14.5. The number of hydrogen-bond donors (Lipinski definition) is 2. The van der Waals surface area contributed by atoms with Crippen LogP contribution in [-0.2, 0) is 14.8 Å². The fraction of sp³-hybridized carbons (Fsp3) is 0.100. The van der Waals surface area contributed by atoms with Crippen LogP contribution >= 0.6 is 0 Å². The SMILES string of the molecule is Cc1cccc(NC(=O)C2=C(O)c3ccc4ccccc4c3S(=O)(=O)N2C)n1. The third kappa shape index (κ3) is 2.69. The zero-order chi connectivity index (χ0) is 20.1. The second-order valence-electron chi connectivity index (χ2n) is 6.45. The van der Waals surface area contributed by atoms with Gasteiger partial charge in [-0.3, -0.25) is 9.10 Å². The van der Waals surface area contributed by atoms with Gasteiger partial charge in [-0.05, 0) is 30.5 Å². The molecule has 142 valence electrons. The molecule has 1 aromatic heterocycles. The number of aryl methyl sites for hydroxylation is 1. The molecule has 1 aliphatic heterocycles. The summed E-state index contributed by atoms with van der Waals surface area (Å²) in [7, 11) is -2.80. The van der Waals surface area contributed by atoms with Crippen LogP contribution in [0.5, 0.6) is 0 Å². The highest BCUT2D eigenvalue weighted by Crippen LogP contribution is 2.39. The molecule has 7 nitrogen and oxygen atoms in total. The molecule has 0 bridgehead atoms. The largest absolute Gasteiger partial charge is 0.505 e. The molecule has 1 aliphatic rings. The summed E-state index contributed by atoms with van der Waals surface area (Å²) < 4.78 is 27.1. The van der Waals surface area contributed by atoms with Crippen molar-refractivity contribution in [2.45, 2.75) is 11.8 Å². The number of nitrogens with one attached hydrogen (secondary N) is 1. The van der Waals surface area contributed by atoms with E-state index in [0.29, 0.717) is 11.1 Å². The molecule has 2 N–H and O–H groups in total. The quantitative estimate of drug-likeness (QED) is 0.695. The van der Waals surface area contributed by atoms with E-state index >= 15 is 0 Å². The van der Waals surface area contributed by atoms with E-state index in [1.807, 2.05) is 0 Å². The van der Waals surface area contributed by atoms with E-state index in [1.54, 1.807) is 55.5 Å². The van der Waals surface area contributed by atoms with Crippen molar-refractivity contribution >= 4 is 38.3 Å². The summed E-state index contributed by atoms with van der Waals surface area (Å²) in [5.74, 6) is -0.899. The van der Waals surface area contributed by atoms with Crippen molar-refractivity contribution in [2.75, 3.05) is 12.4 Å². The summed E-state index contributed by atoms with van der Waals surface area (Å²) >= 11 is 0. The number of likely N-dealkylation sites (N-methyl/N-ethyl adjacent to an activating group) is 1. The summed E-state index contributed by atoms with van der Waals surface area (Å²) in [6, 6.07) is 15.3. The van der Waals surface area contributed by atoms with Crippen LogP contribution in [0.1, 0.15) is 11.3 Å². The van der Waals surface area contributed by atoms with E-state index in [4.69, 9.17) is 0 Å². The van der Waals surface area contributed by atoms with Gasteiger partial charge in [0.2, 0.25) is 0 Å². The predicted molar refractivity (Wildman–Crippen MR) is 106 cm³/mol. The zero-order valence-electron chi connectivity index (χ0n) is 15.2. The van der Waals surface area contributed by atoms with Crippen molar-refractivity contribution in [3.05, 3.63) is 71.6 Å². The predicted octanol–water partition coefficient (Wildman–Crippen LogP) is 3.04. The van der Waals surface area contributed by atoms with Crippen LogP contribution in [0.2, 0.25) is 0 Å². The number of anilines is 1. The highest BCUT2D eigenvalue weighted by Gasteiger charge is 2.39. The van der Waals surface area contributed by atoms with Crippen LogP contribution in [-0.4, -0.2) is 35.8 Å². The minimum Gasteiger partial charge on any atom is -0.505 e. The average Bonchev–Trinajstić information content (AvgIpc) is 2.66. The van der Waals surface area contributed by atoms with Crippen molar-refractivity contribution < 1.29 is 18.3 Å². The lowest BCUT2D eigenvalue weighted by Crippen LogP contribution is -2.37. The number of fused-ring (bicyclic) bond motifs is 3. The fourth-order valence-electron chi connectivity index (χ4n) is 3.28. The zero-order valence-corrected chi connectivity index (χ0v) is 16.0. The monoisotopic (exact) mass is 395 g/mol. The molecule has 0 aliphatic carbocycles. The Labute approximate surface area is 162 Å². The minimum atomic E-state index is -4.04. The molecule has 0 saturated heterocycles.